The van der Waals surface area contributed by atoms with Crippen molar-refractivity contribution in [2.45, 2.75) is 4.90 Å². The minimum atomic E-state index is -3.79. The molecule has 10 heteroatoms. The molecule has 1 aromatic rings. The van der Waals surface area contributed by atoms with Crippen LogP contribution in [0, 0.1) is 0 Å². The molecule has 1 heterocycles. The van der Waals surface area contributed by atoms with Crippen LogP contribution in [0.2, 0.25) is 0 Å². The molecule has 0 aliphatic carbocycles. The van der Waals surface area contributed by atoms with E-state index in [0.717, 1.165) is 6.20 Å². The van der Waals surface area contributed by atoms with Crippen LogP contribution < -0.4 is 0 Å². The Bertz CT molecular complexity index is 500. The minimum Gasteiger partial charge on any atom is -0.236 e. The lowest BCUT2D eigenvalue weighted by atomic mass is 10.5. The van der Waals surface area contributed by atoms with E-state index in [1.165, 1.54) is 12.1 Å². The standard InChI is InChI=1S/C5H3Cl4N2O2PS/c6-14(7,8)11-5-2-1-4(3-10-5)15(9,12)13/h1-3H. The number of hydrogen-bond acceptors (Lipinski definition) is 4. The van der Waals surface area contributed by atoms with Gasteiger partial charge in [-0.25, -0.2) is 18.1 Å². The van der Waals surface area contributed by atoms with E-state index in [1.54, 1.807) is 0 Å². The van der Waals surface area contributed by atoms with Crippen LogP contribution in [0.4, 0.5) is 5.82 Å². The fourth-order valence-electron chi connectivity index (χ4n) is 0.692. The average molecular weight is 328 g/mol. The summed E-state index contributed by atoms with van der Waals surface area (Å²) in [6, 6.07) is 2.53. The Labute approximate surface area is 105 Å². The fraction of sp³-hybridized carbons (Fsp3) is 0. The molecule has 15 heavy (non-hydrogen) atoms. The van der Waals surface area contributed by atoms with E-state index >= 15 is 0 Å². The summed E-state index contributed by atoms with van der Waals surface area (Å²) in [7, 11) is 1.29. The van der Waals surface area contributed by atoms with Crippen LogP contribution in [0.25, 0.3) is 0 Å². The summed E-state index contributed by atoms with van der Waals surface area (Å²) in [5.41, 5.74) is 0. The molecule has 0 bridgehead atoms. The number of nitrogens with zero attached hydrogens (tertiary/aromatic N) is 2. The quantitative estimate of drug-likeness (QED) is 0.601. The Morgan fingerprint density at radius 3 is 2.20 bits per heavy atom. The monoisotopic (exact) mass is 326 g/mol. The lowest BCUT2D eigenvalue weighted by molar-refractivity contribution is 0.609. The zero-order valence-electron chi connectivity index (χ0n) is 6.81. The van der Waals surface area contributed by atoms with Crippen molar-refractivity contribution in [2.75, 3.05) is 0 Å². The highest BCUT2D eigenvalue weighted by molar-refractivity contribution is 8.26. The van der Waals surface area contributed by atoms with Crippen LogP contribution in [-0.2, 0) is 9.05 Å². The molecule has 0 N–H and O–H groups in total. The largest absolute Gasteiger partial charge is 0.262 e. The van der Waals surface area contributed by atoms with Gasteiger partial charge in [0.1, 0.15) is 4.90 Å². The van der Waals surface area contributed by atoms with Gasteiger partial charge in [0.25, 0.3) is 9.05 Å². The van der Waals surface area contributed by atoms with Crippen molar-refractivity contribution in [1.82, 2.24) is 4.98 Å². The number of pyridine rings is 1. The number of hydrogen-bond donors (Lipinski definition) is 0. The molecule has 0 saturated heterocycles. The highest BCUT2D eigenvalue weighted by atomic mass is 36.0. The van der Waals surface area contributed by atoms with Gasteiger partial charge in [-0.3, -0.25) is 0 Å². The zero-order valence-corrected chi connectivity index (χ0v) is 11.5. The van der Waals surface area contributed by atoms with Gasteiger partial charge in [0.2, 0.25) is 5.11 Å². The van der Waals surface area contributed by atoms with Crippen molar-refractivity contribution < 1.29 is 8.42 Å². The first-order chi connectivity index (χ1) is 6.68. The zero-order chi connectivity index (χ0) is 11.7. The molecular formula is C5H3Cl4N2O2PS. The molecule has 0 radical (unpaired) electrons. The Morgan fingerprint density at radius 2 is 1.87 bits per heavy atom. The molecule has 4 nitrogen and oxygen atoms in total. The normalized spacial score (nSPS) is 12.5. The Kier molecular flexibility index (Phi) is 4.32. The van der Waals surface area contributed by atoms with Gasteiger partial charge >= 0.3 is 0 Å². The van der Waals surface area contributed by atoms with Crippen LogP contribution in [0.5, 0.6) is 0 Å². The van der Waals surface area contributed by atoms with Gasteiger partial charge in [0.05, 0.1) is 0 Å². The smallest absolute Gasteiger partial charge is 0.236 e. The first-order valence-corrected chi connectivity index (χ1v) is 10.1. The van der Waals surface area contributed by atoms with Gasteiger partial charge in [-0.2, -0.15) is 0 Å². The average Bonchev–Trinajstić information content (AvgIpc) is 2.00. The predicted octanol–water partition coefficient (Wildman–Crippen LogP) is 4.30. The van der Waals surface area contributed by atoms with Crippen molar-refractivity contribution >= 4 is 64.4 Å². The lowest BCUT2D eigenvalue weighted by Crippen LogP contribution is -1.90. The van der Waals surface area contributed by atoms with Gasteiger partial charge in [-0.15, -0.1) is 0 Å². The SMILES string of the molecule is O=S(=O)(Cl)c1ccc(N=P(Cl)(Cl)Cl)nc1. The number of halogens is 4. The molecule has 1 rings (SSSR count). The third-order valence-electron chi connectivity index (χ3n) is 1.22. The van der Waals surface area contributed by atoms with Crippen LogP contribution >= 0.6 is 49.5 Å². The predicted molar refractivity (Wildman–Crippen MR) is 63.8 cm³/mol. The van der Waals surface area contributed by atoms with E-state index in [0.29, 0.717) is 0 Å². The second-order valence-electron chi connectivity index (χ2n) is 2.31. The van der Waals surface area contributed by atoms with Crippen molar-refractivity contribution in [2.24, 2.45) is 4.74 Å². The van der Waals surface area contributed by atoms with Gasteiger partial charge in [-0.05, 0) is 45.9 Å². The molecular weight excluding hydrogens is 325 g/mol. The third kappa shape index (κ3) is 4.89. The fourth-order valence-corrected chi connectivity index (χ4v) is 2.42. The Balaban J connectivity index is 3.13. The number of rotatable bonds is 2. The second kappa shape index (κ2) is 4.78. The van der Waals surface area contributed by atoms with E-state index in [-0.39, 0.29) is 10.7 Å². The van der Waals surface area contributed by atoms with Gasteiger partial charge in [-0.1, -0.05) is 0 Å². The molecule has 0 atom stereocenters. The molecule has 0 aromatic carbocycles. The molecule has 0 fully saturated rings. The maximum absolute atomic E-state index is 10.9. The maximum Gasteiger partial charge on any atom is 0.262 e. The summed E-state index contributed by atoms with van der Waals surface area (Å²) < 4.78 is 25.4. The second-order valence-corrected chi connectivity index (χ2v) is 11.9. The highest BCUT2D eigenvalue weighted by Gasteiger charge is 2.11. The minimum absolute atomic E-state index is 0.134. The first-order valence-electron chi connectivity index (χ1n) is 3.30. The van der Waals surface area contributed by atoms with Crippen LogP contribution in [0.1, 0.15) is 0 Å². The van der Waals surface area contributed by atoms with E-state index in [4.69, 9.17) is 44.4 Å². The Hall–Kier alpha value is 0.490. The van der Waals surface area contributed by atoms with Crippen molar-refractivity contribution in [3.63, 3.8) is 0 Å². The lowest BCUT2D eigenvalue weighted by Gasteiger charge is -1.98. The molecule has 0 saturated carbocycles. The topological polar surface area (TPSA) is 59.4 Å². The summed E-state index contributed by atoms with van der Waals surface area (Å²) in [5.74, 6) is 0.146. The van der Waals surface area contributed by atoms with Crippen molar-refractivity contribution in [3.8, 4) is 0 Å². The molecule has 0 amide bonds. The Morgan fingerprint density at radius 1 is 1.27 bits per heavy atom. The molecule has 0 spiro atoms. The summed E-state index contributed by atoms with van der Waals surface area (Å²) in [4.78, 5) is 3.54. The van der Waals surface area contributed by atoms with E-state index < -0.39 is 14.2 Å². The molecule has 1 aromatic heterocycles. The van der Waals surface area contributed by atoms with E-state index in [9.17, 15) is 8.42 Å². The van der Waals surface area contributed by atoms with Crippen LogP contribution in [-0.4, -0.2) is 13.4 Å². The molecule has 0 aliphatic rings. The molecule has 0 unspecified atom stereocenters. The van der Waals surface area contributed by atoms with E-state index in [2.05, 4.69) is 9.73 Å². The highest BCUT2D eigenvalue weighted by Crippen LogP contribution is 2.66. The summed E-state index contributed by atoms with van der Waals surface area (Å²) >= 11 is 16.5. The first kappa shape index (κ1) is 13.6. The van der Waals surface area contributed by atoms with Crippen LogP contribution in [0.3, 0.4) is 0 Å². The van der Waals surface area contributed by atoms with Crippen molar-refractivity contribution in [1.29, 1.82) is 0 Å². The van der Waals surface area contributed by atoms with Gasteiger partial charge < -0.3 is 0 Å². The third-order valence-corrected chi connectivity index (χ3v) is 3.67. The van der Waals surface area contributed by atoms with Gasteiger partial charge in [0, 0.05) is 16.9 Å². The van der Waals surface area contributed by atoms with E-state index in [1.807, 2.05) is 0 Å². The number of aromatic nitrogens is 1. The summed E-state index contributed by atoms with van der Waals surface area (Å²) in [6.07, 6.45) is 1.04. The van der Waals surface area contributed by atoms with Crippen molar-refractivity contribution in [3.05, 3.63) is 18.3 Å². The summed E-state index contributed by atoms with van der Waals surface area (Å²) in [5, 5.41) is -2.90. The molecule has 84 valence electrons. The van der Waals surface area contributed by atoms with Gasteiger partial charge in [0.15, 0.2) is 5.82 Å². The maximum atomic E-state index is 10.9. The van der Waals surface area contributed by atoms with Crippen LogP contribution in [0.15, 0.2) is 28.0 Å². The molecule has 0 aliphatic heterocycles. The summed E-state index contributed by atoms with van der Waals surface area (Å²) in [6.45, 7) is 0.